The molecule has 2 atom stereocenters. The van der Waals surface area contributed by atoms with Crippen molar-refractivity contribution in [3.8, 4) is 0 Å². The summed E-state index contributed by atoms with van der Waals surface area (Å²) in [4.78, 5) is 54.2. The molecule has 3 aliphatic heterocycles. The number of nitrogen functional groups attached to an aromatic ring is 1. The Morgan fingerprint density at radius 1 is 1.35 bits per heavy atom. The molecule has 13 heteroatoms. The number of nitrogens with zero attached hydrogens (tertiary/aromatic N) is 3. The monoisotopic (exact) mass is 487 g/mol. The molecular weight excluding hydrogens is 466 g/mol. The second-order valence-corrected chi connectivity index (χ2v) is 9.94. The standard InChI is InChI=1S/C18H21N5O5S2.ClH/c1-23(4-2-3-5-23)6-9-7-29-16-11(15(26)22(16)12(9)17(27)28)21-14(25)13(24)10-8-30-18(19)20-10;/h8,11,16H,2-7H2,1H3,(H3-,19,20,21,25,27,28);1H/t11-,16-;/m1./s1. The number of nitrogens with one attached hydrogen (secondary N) is 1. The molecule has 1 aromatic heterocycles. The molecule has 0 unspecified atom stereocenters. The summed E-state index contributed by atoms with van der Waals surface area (Å²) < 4.78 is 0.769. The molecule has 2 saturated heterocycles. The highest BCUT2D eigenvalue weighted by Gasteiger charge is 2.55. The number of anilines is 1. The van der Waals surface area contributed by atoms with Crippen LogP contribution in [0.4, 0.5) is 5.13 Å². The number of thiazole rings is 1. The molecule has 4 heterocycles. The quantitative estimate of drug-likeness (QED) is 0.166. The van der Waals surface area contributed by atoms with Gasteiger partial charge in [0, 0.05) is 29.5 Å². The van der Waals surface area contributed by atoms with Crippen LogP contribution in [0.3, 0.4) is 0 Å². The number of β-lactam (4-membered cyclic amide) rings is 1. The predicted molar refractivity (Wildman–Crippen MR) is 111 cm³/mol. The summed E-state index contributed by atoms with van der Waals surface area (Å²) in [5.41, 5.74) is 6.16. The SMILES string of the molecule is C[N+]1(CC2=C(C(=O)O)N3C(=O)[C@@H](NC(=O)C(=O)c4csc(N)n4)[C@H]3SC2)CCCC1.[Cl-]. The van der Waals surface area contributed by atoms with Crippen LogP contribution in [0.2, 0.25) is 0 Å². The van der Waals surface area contributed by atoms with Crippen molar-refractivity contribution in [1.82, 2.24) is 15.2 Å². The average Bonchev–Trinajstić information content (AvgIpc) is 3.33. The molecule has 2 fully saturated rings. The summed E-state index contributed by atoms with van der Waals surface area (Å²) in [6.07, 6.45) is 2.22. The summed E-state index contributed by atoms with van der Waals surface area (Å²) in [7, 11) is 2.11. The zero-order valence-electron chi connectivity index (χ0n) is 16.7. The lowest BCUT2D eigenvalue weighted by atomic mass is 10.0. The number of likely N-dealkylation sites (N-methyl/N-ethyl adjacent to an activating group) is 1. The van der Waals surface area contributed by atoms with Crippen LogP contribution in [0.5, 0.6) is 0 Å². The van der Waals surface area contributed by atoms with Gasteiger partial charge in [-0.15, -0.1) is 23.1 Å². The van der Waals surface area contributed by atoms with Gasteiger partial charge in [0.2, 0.25) is 0 Å². The minimum atomic E-state index is -1.15. The molecule has 0 aliphatic carbocycles. The topological polar surface area (TPSA) is 143 Å². The van der Waals surface area contributed by atoms with E-state index in [0.29, 0.717) is 12.3 Å². The predicted octanol–water partition coefficient (Wildman–Crippen LogP) is -3.11. The minimum Gasteiger partial charge on any atom is -1.00 e. The van der Waals surface area contributed by atoms with Crippen molar-refractivity contribution in [1.29, 1.82) is 0 Å². The van der Waals surface area contributed by atoms with Gasteiger partial charge in [0.05, 0.1) is 20.1 Å². The number of carboxylic acids is 1. The first-order chi connectivity index (χ1) is 14.2. The molecule has 2 amide bonds. The van der Waals surface area contributed by atoms with E-state index in [-0.39, 0.29) is 28.9 Å². The maximum Gasteiger partial charge on any atom is 0.352 e. The van der Waals surface area contributed by atoms with Crippen molar-refractivity contribution in [3.63, 3.8) is 0 Å². The van der Waals surface area contributed by atoms with Crippen molar-refractivity contribution < 1.29 is 41.2 Å². The van der Waals surface area contributed by atoms with Gasteiger partial charge in [0.15, 0.2) is 5.13 Å². The van der Waals surface area contributed by atoms with Crippen molar-refractivity contribution in [2.75, 3.05) is 38.2 Å². The van der Waals surface area contributed by atoms with E-state index in [2.05, 4.69) is 17.3 Å². The van der Waals surface area contributed by atoms with Crippen LogP contribution in [0, 0.1) is 0 Å². The van der Waals surface area contributed by atoms with Gasteiger partial charge in [-0.3, -0.25) is 19.3 Å². The van der Waals surface area contributed by atoms with Crippen LogP contribution in [0.25, 0.3) is 0 Å². The highest BCUT2D eigenvalue weighted by molar-refractivity contribution is 8.00. The second kappa shape index (κ2) is 8.77. The van der Waals surface area contributed by atoms with Crippen LogP contribution < -0.4 is 23.5 Å². The molecule has 1 aromatic rings. The highest BCUT2D eigenvalue weighted by Crippen LogP contribution is 2.41. The van der Waals surface area contributed by atoms with E-state index in [1.807, 2.05) is 0 Å². The fourth-order valence-corrected chi connectivity index (χ4v) is 6.12. The van der Waals surface area contributed by atoms with Gasteiger partial charge in [-0.2, -0.15) is 0 Å². The molecule has 4 N–H and O–H groups in total. The fourth-order valence-electron chi connectivity index (χ4n) is 4.24. The van der Waals surface area contributed by atoms with E-state index in [0.717, 1.165) is 47.3 Å². The largest absolute Gasteiger partial charge is 1.00 e. The van der Waals surface area contributed by atoms with Gasteiger partial charge < -0.3 is 33.0 Å². The van der Waals surface area contributed by atoms with Gasteiger partial charge >= 0.3 is 5.97 Å². The second-order valence-electron chi connectivity index (χ2n) is 7.95. The van der Waals surface area contributed by atoms with E-state index in [9.17, 15) is 24.3 Å². The molecule has 0 saturated carbocycles. The lowest BCUT2D eigenvalue weighted by molar-refractivity contribution is -0.893. The molecule has 0 spiro atoms. The summed E-state index contributed by atoms with van der Waals surface area (Å²) in [6.45, 7) is 2.56. The number of nitrogens with two attached hydrogens (primary N) is 1. The first-order valence-corrected chi connectivity index (χ1v) is 11.4. The number of rotatable bonds is 6. The third kappa shape index (κ3) is 4.29. The number of ketones is 1. The zero-order valence-corrected chi connectivity index (χ0v) is 19.1. The number of carbonyl (C=O) groups excluding carboxylic acids is 3. The van der Waals surface area contributed by atoms with E-state index in [4.69, 9.17) is 5.73 Å². The number of aromatic nitrogens is 1. The Labute approximate surface area is 192 Å². The zero-order chi connectivity index (χ0) is 21.6. The summed E-state index contributed by atoms with van der Waals surface area (Å²) in [6, 6.07) is -0.949. The maximum atomic E-state index is 12.7. The van der Waals surface area contributed by atoms with Crippen LogP contribution in [0.1, 0.15) is 23.3 Å². The first-order valence-electron chi connectivity index (χ1n) is 9.50. The highest BCUT2D eigenvalue weighted by atomic mass is 35.5. The number of Topliss-reactive ketones (excluding diaryl/α,β-unsaturated/α-hetero) is 1. The van der Waals surface area contributed by atoms with Crippen LogP contribution in [0.15, 0.2) is 16.7 Å². The number of carboxylic acid groups (broad SMARTS) is 1. The molecule has 4 rings (SSSR count). The third-order valence-corrected chi connectivity index (χ3v) is 7.73. The maximum absolute atomic E-state index is 12.7. The molecular formula is C18H22ClN5O5S2. The number of hydrogen-bond donors (Lipinski definition) is 3. The Morgan fingerprint density at radius 3 is 2.61 bits per heavy atom. The fraction of sp³-hybridized carbons (Fsp3) is 0.500. The average molecular weight is 488 g/mol. The number of amides is 2. The lowest BCUT2D eigenvalue weighted by Gasteiger charge is -2.49. The molecule has 10 nitrogen and oxygen atoms in total. The van der Waals surface area contributed by atoms with Crippen LogP contribution in [-0.4, -0.2) is 86.9 Å². The van der Waals surface area contributed by atoms with E-state index in [1.165, 1.54) is 22.0 Å². The number of likely N-dealkylation sites (tertiary alicyclic amines) is 1. The molecule has 31 heavy (non-hydrogen) atoms. The van der Waals surface area contributed by atoms with Crippen molar-refractivity contribution >= 4 is 51.8 Å². The Hall–Kier alpha value is -2.15. The van der Waals surface area contributed by atoms with Gasteiger partial charge in [0.1, 0.15) is 29.4 Å². The Kier molecular flexibility index (Phi) is 6.65. The number of thioether (sulfide) groups is 1. The summed E-state index contributed by atoms with van der Waals surface area (Å²) >= 11 is 2.44. The van der Waals surface area contributed by atoms with Gasteiger partial charge in [0.25, 0.3) is 17.6 Å². The number of halogens is 1. The van der Waals surface area contributed by atoms with Gasteiger partial charge in [-0.25, -0.2) is 9.78 Å². The van der Waals surface area contributed by atoms with Gasteiger partial charge in [-0.1, -0.05) is 0 Å². The number of quaternary nitrogens is 1. The number of carbonyl (C=O) groups is 4. The first kappa shape index (κ1) is 23.5. The van der Waals surface area contributed by atoms with Crippen molar-refractivity contribution in [2.45, 2.75) is 24.3 Å². The minimum absolute atomic E-state index is 0. The van der Waals surface area contributed by atoms with E-state index < -0.39 is 35.0 Å². The molecule has 0 radical (unpaired) electrons. The number of aliphatic carboxylic acids is 1. The Bertz CT molecular complexity index is 974. The van der Waals surface area contributed by atoms with Crippen LogP contribution in [-0.2, 0) is 14.4 Å². The van der Waals surface area contributed by atoms with Crippen molar-refractivity contribution in [2.24, 2.45) is 0 Å². The summed E-state index contributed by atoms with van der Waals surface area (Å²) in [5, 5.41) is 13.2. The Morgan fingerprint density at radius 2 is 2.03 bits per heavy atom. The molecule has 0 bridgehead atoms. The number of fused-ring (bicyclic) bond motifs is 1. The smallest absolute Gasteiger partial charge is 0.352 e. The molecule has 0 aromatic carbocycles. The van der Waals surface area contributed by atoms with Gasteiger partial charge in [-0.05, 0) is 0 Å². The van der Waals surface area contributed by atoms with Crippen molar-refractivity contribution in [3.05, 3.63) is 22.3 Å². The third-order valence-electron chi connectivity index (χ3n) is 5.72. The Balaban J connectivity index is 0.00000272. The normalized spacial score (nSPS) is 24.2. The lowest BCUT2D eigenvalue weighted by Crippen LogP contribution is -3.00. The van der Waals surface area contributed by atoms with E-state index in [1.54, 1.807) is 0 Å². The summed E-state index contributed by atoms with van der Waals surface area (Å²) in [5.74, 6) is -3.04. The molecule has 3 aliphatic rings. The van der Waals surface area contributed by atoms with Crippen LogP contribution >= 0.6 is 23.1 Å². The van der Waals surface area contributed by atoms with E-state index >= 15 is 0 Å². The number of hydrogen-bond acceptors (Lipinski definition) is 8. The molecule has 168 valence electrons.